The summed E-state index contributed by atoms with van der Waals surface area (Å²) in [7, 11) is 3.95. The number of benzene rings is 2. The van der Waals surface area contributed by atoms with E-state index in [4.69, 9.17) is 0 Å². The van der Waals surface area contributed by atoms with Crippen LogP contribution in [0.5, 0.6) is 0 Å². The van der Waals surface area contributed by atoms with E-state index in [1.807, 2.05) is 50.2 Å². The summed E-state index contributed by atoms with van der Waals surface area (Å²) in [5, 5.41) is 5.61. The van der Waals surface area contributed by atoms with Crippen molar-refractivity contribution in [1.29, 1.82) is 0 Å². The summed E-state index contributed by atoms with van der Waals surface area (Å²) in [5.41, 5.74) is 3.71. The fourth-order valence-corrected chi connectivity index (χ4v) is 2.25. The number of amides is 2. The molecule has 2 aromatic rings. The predicted molar refractivity (Wildman–Crippen MR) is 92.6 cm³/mol. The topological polar surface area (TPSA) is 44.4 Å². The van der Waals surface area contributed by atoms with Gasteiger partial charge in [0.25, 0.3) is 0 Å². The molecule has 0 spiro atoms. The van der Waals surface area contributed by atoms with Crippen LogP contribution in [0.3, 0.4) is 0 Å². The number of halogens is 1. The molecule has 5 heteroatoms. The maximum atomic E-state index is 13.1. The van der Waals surface area contributed by atoms with Crippen molar-refractivity contribution in [3.63, 3.8) is 0 Å². The number of rotatable bonds is 5. The molecule has 4 nitrogen and oxygen atoms in total. The number of urea groups is 1. The first-order valence-electron chi connectivity index (χ1n) is 7.53. The molecule has 0 radical (unpaired) electrons. The molecule has 2 N–H and O–H groups in total. The summed E-state index contributed by atoms with van der Waals surface area (Å²) >= 11 is 0. The summed E-state index contributed by atoms with van der Waals surface area (Å²) < 4.78 is 13.1. The van der Waals surface area contributed by atoms with Gasteiger partial charge >= 0.3 is 6.03 Å². The van der Waals surface area contributed by atoms with Crippen LogP contribution in [0, 0.1) is 12.7 Å². The van der Waals surface area contributed by atoms with Crippen LogP contribution < -0.4 is 15.5 Å². The normalized spacial score (nSPS) is 10.3. The van der Waals surface area contributed by atoms with Crippen molar-refractivity contribution in [1.82, 2.24) is 5.32 Å². The van der Waals surface area contributed by atoms with Crippen LogP contribution in [0.1, 0.15) is 11.1 Å². The quantitative estimate of drug-likeness (QED) is 0.886. The molecule has 2 rings (SSSR count). The minimum atomic E-state index is -0.262. The highest BCUT2D eigenvalue weighted by Gasteiger charge is 2.06. The number of aryl methyl sites for hydroxylation is 1. The maximum absolute atomic E-state index is 13.1. The van der Waals surface area contributed by atoms with Crippen molar-refractivity contribution < 1.29 is 9.18 Å². The van der Waals surface area contributed by atoms with E-state index in [-0.39, 0.29) is 11.8 Å². The largest absolute Gasteiger partial charge is 0.378 e. The predicted octanol–water partition coefficient (Wildman–Crippen LogP) is 3.56. The third-order valence-electron chi connectivity index (χ3n) is 3.56. The van der Waals surface area contributed by atoms with E-state index < -0.39 is 0 Å². The van der Waals surface area contributed by atoms with Gasteiger partial charge in [0, 0.05) is 32.0 Å². The van der Waals surface area contributed by atoms with E-state index >= 15 is 0 Å². The lowest BCUT2D eigenvalue weighted by Crippen LogP contribution is -2.30. The first-order chi connectivity index (χ1) is 11.0. The summed E-state index contributed by atoms with van der Waals surface area (Å²) in [6, 6.07) is 12.0. The Morgan fingerprint density at radius 3 is 2.61 bits per heavy atom. The highest BCUT2D eigenvalue weighted by Crippen LogP contribution is 2.21. The van der Waals surface area contributed by atoms with E-state index in [9.17, 15) is 9.18 Å². The van der Waals surface area contributed by atoms with E-state index in [0.29, 0.717) is 13.0 Å². The monoisotopic (exact) mass is 315 g/mol. The van der Waals surface area contributed by atoms with Gasteiger partial charge in [-0.1, -0.05) is 12.1 Å². The first-order valence-corrected chi connectivity index (χ1v) is 7.53. The van der Waals surface area contributed by atoms with Gasteiger partial charge in [-0.05, 0) is 54.8 Å². The highest BCUT2D eigenvalue weighted by molar-refractivity contribution is 5.90. The molecular weight excluding hydrogens is 293 g/mol. The molecule has 0 bridgehead atoms. The molecule has 0 unspecified atom stereocenters. The van der Waals surface area contributed by atoms with E-state index in [1.54, 1.807) is 6.07 Å². The Morgan fingerprint density at radius 2 is 1.96 bits per heavy atom. The smallest absolute Gasteiger partial charge is 0.319 e. The van der Waals surface area contributed by atoms with Crippen LogP contribution in [-0.4, -0.2) is 26.7 Å². The fraction of sp³-hybridized carbons (Fsp3) is 0.278. The first kappa shape index (κ1) is 16.8. The Bertz CT molecular complexity index is 686. The summed E-state index contributed by atoms with van der Waals surface area (Å²) in [4.78, 5) is 13.9. The summed E-state index contributed by atoms with van der Waals surface area (Å²) in [5.74, 6) is -0.261. The van der Waals surface area contributed by atoms with Crippen molar-refractivity contribution in [3.8, 4) is 0 Å². The SMILES string of the molecule is Cc1cc(N(C)C)ccc1NC(=O)NCCc1cccc(F)c1. The number of anilines is 2. The van der Waals surface area contributed by atoms with E-state index in [2.05, 4.69) is 10.6 Å². The Balaban J connectivity index is 1.85. The van der Waals surface area contributed by atoms with Gasteiger partial charge in [-0.15, -0.1) is 0 Å². The third kappa shape index (κ3) is 4.98. The maximum Gasteiger partial charge on any atom is 0.319 e. The average Bonchev–Trinajstić information content (AvgIpc) is 2.49. The number of hydrogen-bond donors (Lipinski definition) is 2. The van der Waals surface area contributed by atoms with Crippen molar-refractivity contribution in [2.24, 2.45) is 0 Å². The molecule has 2 amide bonds. The second-order valence-corrected chi connectivity index (χ2v) is 5.65. The molecule has 0 fully saturated rings. The number of hydrogen-bond acceptors (Lipinski definition) is 2. The minimum absolute atomic E-state index is 0.261. The second kappa shape index (κ2) is 7.63. The average molecular weight is 315 g/mol. The number of carbonyl (C=O) groups is 1. The van der Waals surface area contributed by atoms with E-state index in [1.165, 1.54) is 12.1 Å². The number of nitrogens with zero attached hydrogens (tertiary/aromatic N) is 1. The van der Waals surface area contributed by atoms with Gasteiger partial charge in [0.2, 0.25) is 0 Å². The van der Waals surface area contributed by atoms with Crippen LogP contribution in [0.2, 0.25) is 0 Å². The van der Waals surface area contributed by atoms with Gasteiger partial charge in [-0.3, -0.25) is 0 Å². The lowest BCUT2D eigenvalue weighted by atomic mass is 10.1. The second-order valence-electron chi connectivity index (χ2n) is 5.65. The summed E-state index contributed by atoms with van der Waals surface area (Å²) in [6.45, 7) is 2.40. The molecular formula is C18H22FN3O. The molecule has 0 aromatic heterocycles. The molecule has 0 aliphatic rings. The molecule has 0 saturated heterocycles. The molecule has 122 valence electrons. The fourth-order valence-electron chi connectivity index (χ4n) is 2.25. The van der Waals surface area contributed by atoms with Crippen LogP contribution in [0.15, 0.2) is 42.5 Å². The summed E-state index contributed by atoms with van der Waals surface area (Å²) in [6.07, 6.45) is 0.587. The molecule has 0 aliphatic carbocycles. The van der Waals surface area contributed by atoms with Gasteiger partial charge in [-0.2, -0.15) is 0 Å². The zero-order chi connectivity index (χ0) is 16.8. The lowest BCUT2D eigenvalue weighted by molar-refractivity contribution is 0.252. The molecule has 0 atom stereocenters. The molecule has 0 heterocycles. The standard InChI is InChI=1S/C18H22FN3O/c1-13-11-16(22(2)3)7-8-17(13)21-18(23)20-10-9-14-5-4-6-15(19)12-14/h4-8,11-12H,9-10H2,1-3H3,(H2,20,21,23). The van der Waals surface area contributed by atoms with Gasteiger partial charge in [-0.25, -0.2) is 9.18 Å². The Labute approximate surface area is 136 Å². The Kier molecular flexibility index (Phi) is 5.57. The van der Waals surface area contributed by atoms with Crippen LogP contribution >= 0.6 is 0 Å². The highest BCUT2D eigenvalue weighted by atomic mass is 19.1. The van der Waals surface area contributed by atoms with Crippen molar-refractivity contribution in [2.75, 3.05) is 30.9 Å². The van der Waals surface area contributed by atoms with Crippen molar-refractivity contribution in [3.05, 3.63) is 59.4 Å². The third-order valence-corrected chi connectivity index (χ3v) is 3.56. The minimum Gasteiger partial charge on any atom is -0.378 e. The molecule has 0 saturated carbocycles. The molecule has 23 heavy (non-hydrogen) atoms. The van der Waals surface area contributed by atoms with Crippen LogP contribution in [0.4, 0.5) is 20.6 Å². The molecule has 2 aromatic carbocycles. The Morgan fingerprint density at radius 1 is 1.17 bits per heavy atom. The zero-order valence-corrected chi connectivity index (χ0v) is 13.7. The molecule has 0 aliphatic heterocycles. The Hall–Kier alpha value is -2.56. The number of carbonyl (C=O) groups excluding carboxylic acids is 1. The van der Waals surface area contributed by atoms with E-state index in [0.717, 1.165) is 22.5 Å². The van der Waals surface area contributed by atoms with Gasteiger partial charge in [0.1, 0.15) is 5.82 Å². The van der Waals surface area contributed by atoms with Gasteiger partial charge in [0.15, 0.2) is 0 Å². The van der Waals surface area contributed by atoms with Crippen LogP contribution in [0.25, 0.3) is 0 Å². The van der Waals surface area contributed by atoms with Crippen LogP contribution in [-0.2, 0) is 6.42 Å². The van der Waals surface area contributed by atoms with Crippen molar-refractivity contribution in [2.45, 2.75) is 13.3 Å². The lowest BCUT2D eigenvalue weighted by Gasteiger charge is -2.15. The van der Waals surface area contributed by atoms with Crippen molar-refractivity contribution >= 4 is 17.4 Å². The zero-order valence-electron chi connectivity index (χ0n) is 13.7. The van der Waals surface area contributed by atoms with Gasteiger partial charge in [0.05, 0.1) is 0 Å². The number of nitrogens with one attached hydrogen (secondary N) is 2. The van der Waals surface area contributed by atoms with Gasteiger partial charge < -0.3 is 15.5 Å².